The van der Waals surface area contributed by atoms with Gasteiger partial charge < -0.3 is 10.1 Å². The summed E-state index contributed by atoms with van der Waals surface area (Å²) in [6.07, 6.45) is 0. The quantitative estimate of drug-likeness (QED) is 0.844. The van der Waals surface area contributed by atoms with Gasteiger partial charge in [0.05, 0.1) is 0 Å². The summed E-state index contributed by atoms with van der Waals surface area (Å²) < 4.78 is 5.55. The van der Waals surface area contributed by atoms with Gasteiger partial charge in [-0.15, -0.1) is 0 Å². The van der Waals surface area contributed by atoms with Crippen molar-refractivity contribution in [2.24, 2.45) is 0 Å². The minimum absolute atomic E-state index is 0.0833. The number of amides is 1. The van der Waals surface area contributed by atoms with Crippen molar-refractivity contribution in [3.8, 4) is 5.75 Å². The predicted molar refractivity (Wildman–Crippen MR) is 97.0 cm³/mol. The molecule has 1 amide bonds. The molecule has 0 aliphatic rings. The van der Waals surface area contributed by atoms with Gasteiger partial charge in [-0.05, 0) is 62.3 Å². The lowest BCUT2D eigenvalue weighted by molar-refractivity contribution is -0.121. The molecule has 0 fully saturated rings. The standard InChI is InChI=1S/C18H20N2O2S/c1-12-5-8-15(9-6-12)19-18(23)20-17(21)11-22-16-10-13(2)4-7-14(16)3/h4-10H,11H2,1-3H3,(H2,19,20,21,23). The molecule has 0 aliphatic carbocycles. The van der Waals surface area contributed by atoms with E-state index >= 15 is 0 Å². The van der Waals surface area contributed by atoms with Gasteiger partial charge in [0.25, 0.3) is 5.91 Å². The summed E-state index contributed by atoms with van der Waals surface area (Å²) in [6.45, 7) is 5.85. The van der Waals surface area contributed by atoms with E-state index < -0.39 is 0 Å². The minimum atomic E-state index is -0.296. The second-order valence-electron chi connectivity index (χ2n) is 5.43. The first kappa shape index (κ1) is 17.0. The van der Waals surface area contributed by atoms with Crippen LogP contribution < -0.4 is 15.4 Å². The number of thiocarbonyl (C=S) groups is 1. The average molecular weight is 328 g/mol. The zero-order chi connectivity index (χ0) is 16.8. The molecule has 2 aromatic carbocycles. The monoisotopic (exact) mass is 328 g/mol. The Kier molecular flexibility index (Phi) is 5.71. The Labute approximate surface area is 141 Å². The molecule has 0 unspecified atom stereocenters. The van der Waals surface area contributed by atoms with Crippen LogP contribution in [0, 0.1) is 20.8 Å². The number of aryl methyl sites for hydroxylation is 3. The molecule has 23 heavy (non-hydrogen) atoms. The van der Waals surface area contributed by atoms with Crippen molar-refractivity contribution in [1.82, 2.24) is 5.32 Å². The fourth-order valence-corrected chi connectivity index (χ4v) is 2.20. The maximum absolute atomic E-state index is 11.9. The van der Waals surface area contributed by atoms with Crippen LogP contribution in [0.15, 0.2) is 42.5 Å². The minimum Gasteiger partial charge on any atom is -0.483 e. The lowest BCUT2D eigenvalue weighted by Gasteiger charge is -2.12. The van der Waals surface area contributed by atoms with Crippen LogP contribution in [0.5, 0.6) is 5.75 Å². The molecular weight excluding hydrogens is 308 g/mol. The highest BCUT2D eigenvalue weighted by Crippen LogP contribution is 2.18. The maximum Gasteiger partial charge on any atom is 0.264 e. The number of anilines is 1. The van der Waals surface area contributed by atoms with Gasteiger partial charge in [-0.1, -0.05) is 29.8 Å². The van der Waals surface area contributed by atoms with Gasteiger partial charge in [0.1, 0.15) is 5.75 Å². The van der Waals surface area contributed by atoms with E-state index in [-0.39, 0.29) is 17.6 Å². The number of ether oxygens (including phenoxy) is 1. The number of benzene rings is 2. The van der Waals surface area contributed by atoms with Crippen LogP contribution in [0.2, 0.25) is 0 Å². The van der Waals surface area contributed by atoms with Crippen molar-refractivity contribution in [3.63, 3.8) is 0 Å². The number of carbonyl (C=O) groups excluding carboxylic acids is 1. The summed E-state index contributed by atoms with van der Waals surface area (Å²) in [4.78, 5) is 11.9. The van der Waals surface area contributed by atoms with Crippen molar-refractivity contribution >= 4 is 28.9 Å². The normalized spacial score (nSPS) is 10.0. The molecule has 120 valence electrons. The van der Waals surface area contributed by atoms with Crippen LogP contribution in [0.4, 0.5) is 5.69 Å². The van der Waals surface area contributed by atoms with E-state index in [1.54, 1.807) is 0 Å². The van der Waals surface area contributed by atoms with E-state index in [1.807, 2.05) is 63.2 Å². The molecule has 5 heteroatoms. The summed E-state index contributed by atoms with van der Waals surface area (Å²) >= 11 is 5.12. The second kappa shape index (κ2) is 7.74. The fourth-order valence-electron chi connectivity index (χ4n) is 1.97. The van der Waals surface area contributed by atoms with Crippen LogP contribution in [0.25, 0.3) is 0 Å². The Balaban J connectivity index is 1.83. The molecule has 0 aliphatic heterocycles. The van der Waals surface area contributed by atoms with Crippen molar-refractivity contribution in [2.75, 3.05) is 11.9 Å². The fraction of sp³-hybridized carbons (Fsp3) is 0.222. The van der Waals surface area contributed by atoms with E-state index in [2.05, 4.69) is 10.6 Å². The summed E-state index contributed by atoms with van der Waals surface area (Å²) in [5.74, 6) is 0.410. The summed E-state index contributed by atoms with van der Waals surface area (Å²) in [5, 5.41) is 5.82. The highest BCUT2D eigenvalue weighted by Gasteiger charge is 2.07. The molecule has 0 saturated carbocycles. The Bertz CT molecular complexity index is 711. The molecular formula is C18H20N2O2S. The van der Waals surface area contributed by atoms with E-state index in [4.69, 9.17) is 17.0 Å². The molecule has 0 saturated heterocycles. The van der Waals surface area contributed by atoms with E-state index in [9.17, 15) is 4.79 Å². The van der Waals surface area contributed by atoms with E-state index in [1.165, 1.54) is 0 Å². The summed E-state index contributed by atoms with van der Waals surface area (Å²) in [7, 11) is 0. The predicted octanol–water partition coefficient (Wildman–Crippen LogP) is 3.50. The number of rotatable bonds is 4. The van der Waals surface area contributed by atoms with Crippen LogP contribution in [0.1, 0.15) is 16.7 Å². The third-order valence-corrected chi connectivity index (χ3v) is 3.47. The molecule has 0 bridgehead atoms. The highest BCUT2D eigenvalue weighted by molar-refractivity contribution is 7.80. The van der Waals surface area contributed by atoms with Crippen molar-refractivity contribution < 1.29 is 9.53 Å². The first-order valence-electron chi connectivity index (χ1n) is 7.31. The number of nitrogens with one attached hydrogen (secondary N) is 2. The topological polar surface area (TPSA) is 50.4 Å². The Hall–Kier alpha value is -2.40. The smallest absolute Gasteiger partial charge is 0.264 e. The van der Waals surface area contributed by atoms with Gasteiger partial charge in [0.2, 0.25) is 0 Å². The van der Waals surface area contributed by atoms with Crippen molar-refractivity contribution in [3.05, 3.63) is 59.2 Å². The van der Waals surface area contributed by atoms with Gasteiger partial charge in [-0.3, -0.25) is 10.1 Å². The molecule has 4 nitrogen and oxygen atoms in total. The zero-order valence-corrected chi connectivity index (χ0v) is 14.3. The molecule has 0 spiro atoms. The van der Waals surface area contributed by atoms with E-state index in [0.29, 0.717) is 5.75 Å². The Morgan fingerprint density at radius 1 is 1.04 bits per heavy atom. The molecule has 0 heterocycles. The number of hydrogen-bond acceptors (Lipinski definition) is 3. The third-order valence-electron chi connectivity index (χ3n) is 3.26. The largest absolute Gasteiger partial charge is 0.483 e. The summed E-state index contributed by atoms with van der Waals surface area (Å²) in [6, 6.07) is 13.6. The molecule has 0 aromatic heterocycles. The van der Waals surface area contributed by atoms with Crippen LogP contribution in [0.3, 0.4) is 0 Å². The highest BCUT2D eigenvalue weighted by atomic mass is 32.1. The summed E-state index contributed by atoms with van der Waals surface area (Å²) in [5.41, 5.74) is 4.06. The molecule has 2 aromatic rings. The van der Waals surface area contributed by atoms with Gasteiger partial charge in [0.15, 0.2) is 11.7 Å². The maximum atomic E-state index is 11.9. The van der Waals surface area contributed by atoms with Gasteiger partial charge >= 0.3 is 0 Å². The SMILES string of the molecule is Cc1ccc(NC(=S)NC(=O)COc2cc(C)ccc2C)cc1. The van der Waals surface area contributed by atoms with Crippen LogP contribution >= 0.6 is 12.2 Å². The molecule has 0 atom stereocenters. The second-order valence-corrected chi connectivity index (χ2v) is 5.83. The van der Waals surface area contributed by atoms with Crippen molar-refractivity contribution in [2.45, 2.75) is 20.8 Å². The van der Waals surface area contributed by atoms with Gasteiger partial charge in [-0.25, -0.2) is 0 Å². The lowest BCUT2D eigenvalue weighted by Crippen LogP contribution is -2.37. The zero-order valence-electron chi connectivity index (χ0n) is 13.5. The van der Waals surface area contributed by atoms with E-state index in [0.717, 1.165) is 22.4 Å². The molecule has 0 radical (unpaired) electrons. The molecule has 2 rings (SSSR count). The first-order valence-corrected chi connectivity index (χ1v) is 7.72. The van der Waals surface area contributed by atoms with Crippen LogP contribution in [-0.2, 0) is 4.79 Å². The Morgan fingerprint density at radius 2 is 1.70 bits per heavy atom. The number of carbonyl (C=O) groups is 1. The molecule has 2 N–H and O–H groups in total. The van der Waals surface area contributed by atoms with Gasteiger partial charge in [0, 0.05) is 5.69 Å². The first-order chi connectivity index (χ1) is 10.9. The average Bonchev–Trinajstić information content (AvgIpc) is 2.50. The van der Waals surface area contributed by atoms with Crippen molar-refractivity contribution in [1.29, 1.82) is 0 Å². The third kappa shape index (κ3) is 5.38. The number of hydrogen-bond donors (Lipinski definition) is 2. The lowest BCUT2D eigenvalue weighted by atomic mass is 10.1. The van der Waals surface area contributed by atoms with Crippen LogP contribution in [-0.4, -0.2) is 17.6 Å². The Morgan fingerprint density at radius 3 is 2.39 bits per heavy atom. The van der Waals surface area contributed by atoms with Gasteiger partial charge in [-0.2, -0.15) is 0 Å².